The van der Waals surface area contributed by atoms with Crippen LogP contribution in [0.3, 0.4) is 0 Å². The van der Waals surface area contributed by atoms with Crippen LogP contribution in [0.1, 0.15) is 29.8 Å². The van der Waals surface area contributed by atoms with Crippen molar-refractivity contribution in [1.29, 1.82) is 0 Å². The number of benzene rings is 1. The molecule has 5 heteroatoms. The van der Waals surface area contributed by atoms with E-state index in [2.05, 4.69) is 40.6 Å². The van der Waals surface area contributed by atoms with Crippen LogP contribution in [0, 0.1) is 13.8 Å². The van der Waals surface area contributed by atoms with Gasteiger partial charge in [-0.2, -0.15) is 0 Å². The molecule has 0 radical (unpaired) electrons. The number of nitrogens with zero attached hydrogens (tertiary/aromatic N) is 3. The number of aryl methyl sites for hydroxylation is 3. The number of hydrogen-bond acceptors (Lipinski definition) is 3. The van der Waals surface area contributed by atoms with Crippen LogP contribution in [0.5, 0.6) is 0 Å². The average molecular weight is 283 g/mol. The lowest BCUT2D eigenvalue weighted by Crippen LogP contribution is -2.01. The molecule has 0 aliphatic rings. The molecule has 0 aliphatic carbocycles. The third-order valence-corrected chi connectivity index (χ3v) is 3.78. The third kappa shape index (κ3) is 2.35. The maximum Gasteiger partial charge on any atom is 0.303 e. The summed E-state index contributed by atoms with van der Waals surface area (Å²) in [4.78, 5) is 10.7. The van der Waals surface area contributed by atoms with Crippen LogP contribution in [-0.2, 0) is 11.2 Å². The van der Waals surface area contributed by atoms with E-state index in [1.165, 1.54) is 16.5 Å². The summed E-state index contributed by atoms with van der Waals surface area (Å²) in [6.45, 7) is 4.14. The second-order valence-corrected chi connectivity index (χ2v) is 5.36. The summed E-state index contributed by atoms with van der Waals surface area (Å²) >= 11 is 0. The Balaban J connectivity index is 2.17. The monoisotopic (exact) mass is 283 g/mol. The van der Waals surface area contributed by atoms with Gasteiger partial charge in [0, 0.05) is 18.2 Å². The van der Waals surface area contributed by atoms with Gasteiger partial charge in [-0.05, 0) is 37.5 Å². The Labute approximate surface area is 122 Å². The van der Waals surface area contributed by atoms with Crippen molar-refractivity contribution in [3.63, 3.8) is 0 Å². The van der Waals surface area contributed by atoms with Gasteiger partial charge >= 0.3 is 5.97 Å². The Morgan fingerprint density at radius 3 is 2.81 bits per heavy atom. The number of hydrogen-bond donors (Lipinski definition) is 1. The fraction of sp³-hybridized carbons (Fsp3) is 0.312. The Kier molecular flexibility index (Phi) is 3.33. The van der Waals surface area contributed by atoms with E-state index < -0.39 is 5.97 Å². The molecule has 0 saturated carbocycles. The first-order valence-corrected chi connectivity index (χ1v) is 7.02. The smallest absolute Gasteiger partial charge is 0.303 e. The highest BCUT2D eigenvalue weighted by Gasteiger charge is 2.12. The zero-order valence-electron chi connectivity index (χ0n) is 12.1. The molecule has 0 aliphatic heterocycles. The van der Waals surface area contributed by atoms with E-state index in [-0.39, 0.29) is 6.42 Å². The van der Waals surface area contributed by atoms with E-state index in [0.29, 0.717) is 12.8 Å². The van der Waals surface area contributed by atoms with Crippen LogP contribution in [0.15, 0.2) is 24.3 Å². The molecule has 1 aromatic carbocycles. The normalized spacial score (nSPS) is 11.3. The van der Waals surface area contributed by atoms with E-state index in [9.17, 15) is 4.79 Å². The molecule has 0 bridgehead atoms. The molecule has 3 rings (SSSR count). The van der Waals surface area contributed by atoms with Gasteiger partial charge in [0.25, 0.3) is 0 Å². The van der Waals surface area contributed by atoms with Crippen molar-refractivity contribution in [2.45, 2.75) is 33.1 Å². The lowest BCUT2D eigenvalue weighted by atomic mass is 10.1. The average Bonchev–Trinajstić information content (AvgIpc) is 2.82. The first kappa shape index (κ1) is 13.5. The van der Waals surface area contributed by atoms with Crippen molar-refractivity contribution >= 4 is 22.5 Å². The summed E-state index contributed by atoms with van der Waals surface area (Å²) in [5, 5.41) is 18.4. The number of aliphatic carboxylic acids is 1. The molecule has 2 aromatic heterocycles. The van der Waals surface area contributed by atoms with E-state index in [1.54, 1.807) is 0 Å². The van der Waals surface area contributed by atoms with E-state index in [1.807, 2.05) is 12.1 Å². The predicted molar refractivity (Wildman–Crippen MR) is 80.5 cm³/mol. The Bertz CT molecular complexity index is 836. The Morgan fingerprint density at radius 1 is 1.24 bits per heavy atom. The number of aromatic nitrogens is 3. The van der Waals surface area contributed by atoms with Gasteiger partial charge in [-0.25, -0.2) is 0 Å². The predicted octanol–water partition coefficient (Wildman–Crippen LogP) is 2.91. The Hall–Kier alpha value is -2.43. The number of carboxylic acid groups (broad SMARTS) is 1. The van der Waals surface area contributed by atoms with Crippen molar-refractivity contribution in [2.75, 3.05) is 0 Å². The lowest BCUT2D eigenvalue weighted by Gasteiger charge is -2.10. The van der Waals surface area contributed by atoms with Crippen LogP contribution in [-0.4, -0.2) is 25.7 Å². The number of para-hydroxylation sites is 1. The van der Waals surface area contributed by atoms with Gasteiger partial charge in [0.1, 0.15) is 5.82 Å². The van der Waals surface area contributed by atoms with E-state index in [0.717, 1.165) is 17.0 Å². The Morgan fingerprint density at radius 2 is 2.05 bits per heavy atom. The standard InChI is InChI=1S/C16H17N3O2/c1-10-5-3-6-12-11(2)9-14-18-17-13(19(14)16(10)12)7-4-8-15(20)21/h3,5-6,9H,4,7-8H2,1-2H3,(H,20,21). The zero-order chi connectivity index (χ0) is 15.0. The zero-order valence-corrected chi connectivity index (χ0v) is 12.1. The molecule has 0 atom stereocenters. The fourth-order valence-corrected chi connectivity index (χ4v) is 2.77. The summed E-state index contributed by atoms with van der Waals surface area (Å²) in [5.41, 5.74) is 4.27. The topological polar surface area (TPSA) is 67.5 Å². The number of carbonyl (C=O) groups is 1. The molecule has 0 saturated heterocycles. The van der Waals surface area contributed by atoms with Gasteiger partial charge in [-0.3, -0.25) is 9.20 Å². The van der Waals surface area contributed by atoms with Gasteiger partial charge in [-0.15, -0.1) is 10.2 Å². The highest BCUT2D eigenvalue weighted by molar-refractivity contribution is 5.88. The van der Waals surface area contributed by atoms with Gasteiger partial charge in [0.2, 0.25) is 0 Å². The van der Waals surface area contributed by atoms with Gasteiger partial charge < -0.3 is 5.11 Å². The minimum absolute atomic E-state index is 0.150. The third-order valence-electron chi connectivity index (χ3n) is 3.78. The van der Waals surface area contributed by atoms with Crippen LogP contribution in [0.25, 0.3) is 16.6 Å². The SMILES string of the molecule is Cc1cc2nnc(CCCC(=O)O)n2c2c(C)cccc12. The molecule has 3 aromatic rings. The fourth-order valence-electron chi connectivity index (χ4n) is 2.77. The number of fused-ring (bicyclic) bond motifs is 3. The summed E-state index contributed by atoms with van der Waals surface area (Å²) in [6.07, 6.45) is 1.33. The minimum atomic E-state index is -0.777. The molecule has 1 N–H and O–H groups in total. The number of carboxylic acids is 1. The van der Waals surface area contributed by atoms with Crippen molar-refractivity contribution in [3.05, 3.63) is 41.2 Å². The molecular formula is C16H17N3O2. The summed E-state index contributed by atoms with van der Waals surface area (Å²) in [6, 6.07) is 8.24. The first-order chi connectivity index (χ1) is 10.1. The van der Waals surface area contributed by atoms with E-state index in [4.69, 9.17) is 5.11 Å². The highest BCUT2D eigenvalue weighted by Crippen LogP contribution is 2.25. The molecule has 108 valence electrons. The molecule has 0 amide bonds. The molecule has 5 nitrogen and oxygen atoms in total. The first-order valence-electron chi connectivity index (χ1n) is 7.02. The van der Waals surface area contributed by atoms with Crippen molar-refractivity contribution in [2.24, 2.45) is 0 Å². The van der Waals surface area contributed by atoms with Gasteiger partial charge in [-0.1, -0.05) is 18.2 Å². The number of rotatable bonds is 4. The second kappa shape index (κ2) is 5.16. The largest absolute Gasteiger partial charge is 0.481 e. The second-order valence-electron chi connectivity index (χ2n) is 5.36. The lowest BCUT2D eigenvalue weighted by molar-refractivity contribution is -0.137. The molecule has 21 heavy (non-hydrogen) atoms. The van der Waals surface area contributed by atoms with Crippen molar-refractivity contribution < 1.29 is 9.90 Å². The molecule has 0 unspecified atom stereocenters. The van der Waals surface area contributed by atoms with Crippen molar-refractivity contribution in [1.82, 2.24) is 14.6 Å². The maximum absolute atomic E-state index is 10.7. The molecule has 0 spiro atoms. The van der Waals surface area contributed by atoms with Gasteiger partial charge in [0.05, 0.1) is 5.52 Å². The van der Waals surface area contributed by atoms with E-state index >= 15 is 0 Å². The van der Waals surface area contributed by atoms with Crippen LogP contribution in [0.4, 0.5) is 0 Å². The quantitative estimate of drug-likeness (QED) is 0.799. The summed E-state index contributed by atoms with van der Waals surface area (Å²) in [5.74, 6) is 0.0475. The van der Waals surface area contributed by atoms with Crippen LogP contribution < -0.4 is 0 Å². The highest BCUT2D eigenvalue weighted by atomic mass is 16.4. The molecule has 0 fully saturated rings. The van der Waals surface area contributed by atoms with Crippen LogP contribution in [0.2, 0.25) is 0 Å². The maximum atomic E-state index is 10.7. The van der Waals surface area contributed by atoms with Gasteiger partial charge in [0.15, 0.2) is 5.65 Å². The number of pyridine rings is 1. The minimum Gasteiger partial charge on any atom is -0.481 e. The summed E-state index contributed by atoms with van der Waals surface area (Å²) < 4.78 is 2.06. The molecule has 2 heterocycles. The molecular weight excluding hydrogens is 266 g/mol. The van der Waals surface area contributed by atoms with Crippen LogP contribution >= 0.6 is 0 Å². The summed E-state index contributed by atoms with van der Waals surface area (Å²) in [7, 11) is 0. The van der Waals surface area contributed by atoms with Crippen molar-refractivity contribution in [3.8, 4) is 0 Å².